The Kier molecular flexibility index (Phi) is 6.37. The van der Waals surface area contributed by atoms with Crippen LogP contribution < -0.4 is 4.90 Å². The Morgan fingerprint density at radius 1 is 1.14 bits per heavy atom. The van der Waals surface area contributed by atoms with Crippen molar-refractivity contribution in [1.82, 2.24) is 4.90 Å². The number of hydrogen-bond acceptors (Lipinski definition) is 6. The van der Waals surface area contributed by atoms with Crippen LogP contribution in [0.25, 0.3) is 6.08 Å². The number of thioether (sulfide) groups is 1. The zero-order valence-electron chi connectivity index (χ0n) is 18.8. The molecule has 1 saturated carbocycles. The van der Waals surface area contributed by atoms with Gasteiger partial charge >= 0.3 is 11.9 Å². The molecule has 0 aromatic heterocycles. The summed E-state index contributed by atoms with van der Waals surface area (Å²) in [5, 5.41) is 18.5. The van der Waals surface area contributed by atoms with Gasteiger partial charge in [-0.1, -0.05) is 54.7 Å². The number of fused-ring (bicyclic) bond motifs is 3. The molecule has 5 rings (SSSR count). The molecule has 1 amide bonds. The highest BCUT2D eigenvalue weighted by atomic mass is 32.2. The summed E-state index contributed by atoms with van der Waals surface area (Å²) in [4.78, 5) is 39.6. The smallest absolute Gasteiger partial charge is 0.326 e. The molecule has 3 unspecified atom stereocenters. The molecular formula is C26H24N2O5S2. The number of carboxylic acids is 2. The van der Waals surface area contributed by atoms with Gasteiger partial charge in [0.1, 0.15) is 10.4 Å². The van der Waals surface area contributed by atoms with Gasteiger partial charge in [0.15, 0.2) is 0 Å². The summed E-state index contributed by atoms with van der Waals surface area (Å²) in [7, 11) is 0. The first-order valence-electron chi connectivity index (χ1n) is 11.5. The molecule has 2 aliphatic heterocycles. The minimum Gasteiger partial charge on any atom is -0.481 e. The van der Waals surface area contributed by atoms with Crippen LogP contribution in [0.15, 0.2) is 53.4 Å². The number of nitrogens with zero attached hydrogens (tertiary/aromatic N) is 2. The van der Waals surface area contributed by atoms with E-state index in [1.54, 1.807) is 6.08 Å². The van der Waals surface area contributed by atoms with Gasteiger partial charge in [-0.05, 0) is 60.7 Å². The molecule has 35 heavy (non-hydrogen) atoms. The van der Waals surface area contributed by atoms with E-state index in [1.165, 1.54) is 23.4 Å². The van der Waals surface area contributed by atoms with Gasteiger partial charge in [-0.15, -0.1) is 0 Å². The van der Waals surface area contributed by atoms with Gasteiger partial charge in [0.2, 0.25) is 0 Å². The van der Waals surface area contributed by atoms with Crippen molar-refractivity contribution >= 4 is 63.6 Å². The van der Waals surface area contributed by atoms with Crippen LogP contribution in [0.4, 0.5) is 11.4 Å². The summed E-state index contributed by atoms with van der Waals surface area (Å²) in [6.07, 6.45) is 4.62. The second-order valence-corrected chi connectivity index (χ2v) is 10.6. The highest BCUT2D eigenvalue weighted by Gasteiger charge is 2.43. The molecule has 2 aromatic rings. The summed E-state index contributed by atoms with van der Waals surface area (Å²) in [5.41, 5.74) is 4.50. The predicted octanol–water partition coefficient (Wildman–Crippen LogP) is 4.99. The number of anilines is 2. The molecule has 0 bridgehead atoms. The van der Waals surface area contributed by atoms with E-state index in [4.69, 9.17) is 17.3 Å². The third-order valence-electron chi connectivity index (χ3n) is 6.91. The number of rotatable bonds is 7. The van der Waals surface area contributed by atoms with Crippen molar-refractivity contribution < 1.29 is 24.6 Å². The third kappa shape index (κ3) is 4.34. The molecule has 7 nitrogen and oxygen atoms in total. The SMILES string of the molecule is O=C(O)CCC(C(=O)O)N1C(=O)/C(=C\c2ccc3c(c2)C2CCCC2N3c2ccccc2)SC1=S. The van der Waals surface area contributed by atoms with E-state index in [9.17, 15) is 19.5 Å². The quantitative estimate of drug-likeness (QED) is 0.399. The molecule has 2 fully saturated rings. The van der Waals surface area contributed by atoms with Crippen LogP contribution in [0, 0.1) is 0 Å². The molecule has 1 saturated heterocycles. The van der Waals surface area contributed by atoms with E-state index in [-0.39, 0.29) is 17.2 Å². The Balaban J connectivity index is 1.44. The molecule has 1 aliphatic carbocycles. The van der Waals surface area contributed by atoms with E-state index >= 15 is 0 Å². The molecule has 2 N–H and O–H groups in total. The fraction of sp³-hybridized carbons (Fsp3) is 0.308. The maximum Gasteiger partial charge on any atom is 0.326 e. The number of aliphatic carboxylic acids is 2. The Labute approximate surface area is 212 Å². The summed E-state index contributed by atoms with van der Waals surface area (Å²) in [6, 6.07) is 15.7. The number of carboxylic acid groups (broad SMARTS) is 2. The topological polar surface area (TPSA) is 98.1 Å². The van der Waals surface area contributed by atoms with E-state index in [0.717, 1.165) is 35.1 Å². The first kappa shape index (κ1) is 23.6. The van der Waals surface area contributed by atoms with Crippen molar-refractivity contribution in [2.45, 2.75) is 50.1 Å². The van der Waals surface area contributed by atoms with Gasteiger partial charge in [0.05, 0.1) is 4.91 Å². The molecule has 2 heterocycles. The molecule has 3 aliphatic rings. The number of amides is 1. The molecule has 9 heteroatoms. The summed E-state index contributed by atoms with van der Waals surface area (Å²) in [5.74, 6) is -2.46. The van der Waals surface area contributed by atoms with Gasteiger partial charge in [-0.2, -0.15) is 0 Å². The standard InChI is InChI=1S/C26H24N2O5S2/c29-23(30)12-11-21(25(32)33)28-24(31)22(35-26(28)34)14-15-9-10-20-18(13-15)17-7-4-8-19(17)27(20)16-5-2-1-3-6-16/h1-3,5-6,9-10,13-14,17,19,21H,4,7-8,11-12H2,(H,29,30)(H,32,33)/b22-14+. The van der Waals surface area contributed by atoms with Crippen LogP contribution in [-0.2, 0) is 14.4 Å². The average molecular weight is 509 g/mol. The zero-order valence-corrected chi connectivity index (χ0v) is 20.4. The molecule has 0 radical (unpaired) electrons. The molecule has 3 atom stereocenters. The van der Waals surface area contributed by atoms with Gasteiger partial charge in [0.25, 0.3) is 5.91 Å². The van der Waals surface area contributed by atoms with Crippen LogP contribution in [0.5, 0.6) is 0 Å². The number of carbonyl (C=O) groups excluding carboxylic acids is 1. The van der Waals surface area contributed by atoms with E-state index in [0.29, 0.717) is 16.9 Å². The zero-order chi connectivity index (χ0) is 24.7. The first-order chi connectivity index (χ1) is 16.8. The number of carbonyl (C=O) groups is 3. The van der Waals surface area contributed by atoms with Crippen LogP contribution in [0.2, 0.25) is 0 Å². The van der Waals surface area contributed by atoms with Crippen LogP contribution in [0.3, 0.4) is 0 Å². The molecular weight excluding hydrogens is 484 g/mol. The maximum atomic E-state index is 13.1. The molecule has 0 spiro atoms. The van der Waals surface area contributed by atoms with Crippen molar-refractivity contribution in [3.05, 3.63) is 64.6 Å². The van der Waals surface area contributed by atoms with Gasteiger partial charge in [0, 0.05) is 29.8 Å². The fourth-order valence-electron chi connectivity index (χ4n) is 5.41. The maximum absolute atomic E-state index is 13.1. The van der Waals surface area contributed by atoms with Crippen LogP contribution in [-0.4, -0.2) is 49.4 Å². The number of para-hydroxylation sites is 1. The normalized spacial score (nSPS) is 23.0. The monoisotopic (exact) mass is 508 g/mol. The second kappa shape index (κ2) is 9.47. The Morgan fingerprint density at radius 3 is 2.63 bits per heavy atom. The second-order valence-electron chi connectivity index (χ2n) is 8.97. The largest absolute Gasteiger partial charge is 0.481 e. The van der Waals surface area contributed by atoms with Crippen molar-refractivity contribution in [3.8, 4) is 0 Å². The minimum absolute atomic E-state index is 0.131. The minimum atomic E-state index is -1.30. The molecule has 180 valence electrons. The van der Waals surface area contributed by atoms with Crippen molar-refractivity contribution in [1.29, 1.82) is 0 Å². The molecule has 2 aromatic carbocycles. The highest BCUT2D eigenvalue weighted by Crippen LogP contribution is 2.52. The van der Waals surface area contributed by atoms with E-state index < -0.39 is 23.9 Å². The van der Waals surface area contributed by atoms with Crippen molar-refractivity contribution in [3.63, 3.8) is 0 Å². The van der Waals surface area contributed by atoms with Crippen LogP contribution in [0.1, 0.15) is 49.1 Å². The lowest BCUT2D eigenvalue weighted by molar-refractivity contribution is -0.146. The summed E-state index contributed by atoms with van der Waals surface area (Å²) in [6.45, 7) is 0. The lowest BCUT2D eigenvalue weighted by Gasteiger charge is -2.27. The Hall–Kier alpha value is -3.17. The lowest BCUT2D eigenvalue weighted by atomic mass is 9.96. The summed E-state index contributed by atoms with van der Waals surface area (Å²) >= 11 is 6.36. The van der Waals surface area contributed by atoms with E-state index in [2.05, 4.69) is 41.3 Å². The number of hydrogen-bond donors (Lipinski definition) is 2. The van der Waals surface area contributed by atoms with Crippen LogP contribution >= 0.6 is 24.0 Å². The highest BCUT2D eigenvalue weighted by molar-refractivity contribution is 8.26. The lowest BCUT2D eigenvalue weighted by Crippen LogP contribution is -2.44. The van der Waals surface area contributed by atoms with Gasteiger partial charge in [-0.3, -0.25) is 14.5 Å². The fourth-order valence-corrected chi connectivity index (χ4v) is 6.77. The predicted molar refractivity (Wildman–Crippen MR) is 139 cm³/mol. The van der Waals surface area contributed by atoms with Crippen molar-refractivity contribution in [2.24, 2.45) is 0 Å². The number of thiocarbonyl (C=S) groups is 1. The average Bonchev–Trinajstić information content (AvgIpc) is 3.49. The first-order valence-corrected chi connectivity index (χ1v) is 12.8. The third-order valence-corrected chi connectivity index (χ3v) is 8.24. The van der Waals surface area contributed by atoms with Gasteiger partial charge < -0.3 is 15.1 Å². The number of benzene rings is 2. The van der Waals surface area contributed by atoms with E-state index in [1.807, 2.05) is 12.1 Å². The van der Waals surface area contributed by atoms with Gasteiger partial charge in [-0.25, -0.2) is 4.79 Å². The Bertz CT molecular complexity index is 1250. The Morgan fingerprint density at radius 2 is 1.91 bits per heavy atom. The van der Waals surface area contributed by atoms with Crippen molar-refractivity contribution in [2.75, 3.05) is 4.90 Å². The summed E-state index contributed by atoms with van der Waals surface area (Å²) < 4.78 is 0.131.